The van der Waals surface area contributed by atoms with Gasteiger partial charge in [-0.15, -0.1) is 20.4 Å². The van der Waals surface area contributed by atoms with Gasteiger partial charge in [0, 0.05) is 28.8 Å². The van der Waals surface area contributed by atoms with Crippen LogP contribution in [0.4, 0.5) is 11.4 Å². The van der Waals surface area contributed by atoms with Crippen LogP contribution in [0.3, 0.4) is 0 Å². The number of rotatable bonds is 7. The number of thioether (sulfide) groups is 1. The van der Waals surface area contributed by atoms with E-state index in [0.29, 0.717) is 16.5 Å². The lowest BCUT2D eigenvalue weighted by molar-refractivity contribution is -0.384. The zero-order valence-electron chi connectivity index (χ0n) is 19.4. The van der Waals surface area contributed by atoms with E-state index in [-0.39, 0.29) is 28.4 Å². The van der Waals surface area contributed by atoms with Gasteiger partial charge >= 0.3 is 0 Å². The Bertz CT molecular complexity index is 1640. The Morgan fingerprint density at radius 2 is 1.86 bits per heavy atom. The number of azo groups is 1. The van der Waals surface area contributed by atoms with E-state index >= 15 is 0 Å². The number of fused-ring (bicyclic) bond motifs is 1. The largest absolute Gasteiger partial charge is 0.493 e. The van der Waals surface area contributed by atoms with E-state index in [0.717, 1.165) is 28.6 Å². The average molecular weight is 514 g/mol. The van der Waals surface area contributed by atoms with Crippen LogP contribution in [-0.2, 0) is 4.79 Å². The second-order valence-corrected chi connectivity index (χ2v) is 8.98. The molecule has 2 heterocycles. The van der Waals surface area contributed by atoms with Crippen molar-refractivity contribution < 1.29 is 14.8 Å². The molecule has 37 heavy (non-hydrogen) atoms. The maximum absolute atomic E-state index is 12.6. The smallest absolute Gasteiger partial charge is 0.275 e. The van der Waals surface area contributed by atoms with E-state index in [1.807, 2.05) is 66.1 Å². The molecular weight excluding hydrogens is 494 g/mol. The highest BCUT2D eigenvalue weighted by Crippen LogP contribution is 2.37. The number of hydrogen-bond acceptors (Lipinski definition) is 8. The Morgan fingerprint density at radius 3 is 2.59 bits per heavy atom. The molecule has 0 radical (unpaired) electrons. The maximum atomic E-state index is 12.6. The van der Waals surface area contributed by atoms with Gasteiger partial charge in [-0.1, -0.05) is 59.8 Å². The lowest BCUT2D eigenvalue weighted by atomic mass is 10.2. The van der Waals surface area contributed by atoms with E-state index in [2.05, 4.69) is 25.4 Å². The van der Waals surface area contributed by atoms with Gasteiger partial charge < -0.3 is 10.1 Å². The molecule has 0 fully saturated rings. The number of aromatic nitrogens is 4. The van der Waals surface area contributed by atoms with Crippen molar-refractivity contribution >= 4 is 39.9 Å². The molecular formula is C25H19N7O4S. The summed E-state index contributed by atoms with van der Waals surface area (Å²) < 4.78 is 1.87. The lowest BCUT2D eigenvalue weighted by Crippen LogP contribution is -2.02. The number of hydrogen-bond donors (Lipinski definition) is 2. The Hall–Kier alpha value is -4.84. The van der Waals surface area contributed by atoms with Gasteiger partial charge in [0.1, 0.15) is 0 Å². The molecule has 0 aliphatic heterocycles. The summed E-state index contributed by atoms with van der Waals surface area (Å²) in [6.45, 7) is 2.00. The summed E-state index contributed by atoms with van der Waals surface area (Å²) in [6.07, 6.45) is 0. The van der Waals surface area contributed by atoms with Gasteiger partial charge in [0.25, 0.3) is 11.6 Å². The summed E-state index contributed by atoms with van der Waals surface area (Å²) in [6, 6.07) is 21.5. The first-order valence-corrected chi connectivity index (χ1v) is 12.0. The van der Waals surface area contributed by atoms with Crippen molar-refractivity contribution in [2.24, 2.45) is 10.2 Å². The van der Waals surface area contributed by atoms with Gasteiger partial charge in [-0.2, -0.15) is 0 Å². The van der Waals surface area contributed by atoms with Crippen molar-refractivity contribution in [1.82, 2.24) is 19.7 Å². The van der Waals surface area contributed by atoms with Crippen LogP contribution in [0.5, 0.6) is 5.88 Å². The van der Waals surface area contributed by atoms with Crippen LogP contribution >= 0.6 is 11.8 Å². The number of carbonyl (C=O) groups excluding carboxylic acids is 1. The van der Waals surface area contributed by atoms with Gasteiger partial charge in [0.2, 0.25) is 5.88 Å². The lowest BCUT2D eigenvalue weighted by Gasteiger charge is -2.10. The zero-order valence-corrected chi connectivity index (χ0v) is 20.2. The molecule has 0 aliphatic carbocycles. The standard InChI is InChI=1S/C25H19N7O4S/c1-15-7-9-17(10-8-15)31-23(16-5-3-2-4-6-16)29-30-25(31)37-14-21(33)27-28-22-19-13-18(32(35)36)11-12-20(19)26-24(22)34/h2-13,26,34H,14H2,1H3. The van der Waals surface area contributed by atoms with Gasteiger partial charge in [0.05, 0.1) is 16.2 Å². The molecule has 0 spiro atoms. The quantitative estimate of drug-likeness (QED) is 0.122. The number of nitrogens with one attached hydrogen (secondary N) is 1. The number of benzene rings is 3. The Labute approximate surface area is 214 Å². The number of nitro groups is 1. The first kappa shape index (κ1) is 23.9. The molecule has 1 amide bonds. The third-order valence-corrected chi connectivity index (χ3v) is 6.40. The van der Waals surface area contributed by atoms with Gasteiger partial charge in [-0.25, -0.2) is 0 Å². The number of carbonyl (C=O) groups is 1. The number of H-pyrrole nitrogens is 1. The molecule has 0 saturated heterocycles. The molecule has 12 heteroatoms. The molecule has 5 aromatic rings. The SMILES string of the molecule is Cc1ccc(-n2c(SCC(=O)N=Nc3c(O)[nH]c4ccc([N+](=O)[O-])cc34)nnc2-c2ccccc2)cc1. The molecule has 2 aromatic heterocycles. The van der Waals surface area contributed by atoms with Gasteiger partial charge in [-0.05, 0) is 25.1 Å². The van der Waals surface area contributed by atoms with Crippen molar-refractivity contribution in [1.29, 1.82) is 0 Å². The fourth-order valence-corrected chi connectivity index (χ4v) is 4.42. The van der Waals surface area contributed by atoms with Crippen molar-refractivity contribution in [2.45, 2.75) is 12.1 Å². The first-order valence-electron chi connectivity index (χ1n) is 11.0. The molecule has 184 valence electrons. The minimum absolute atomic E-state index is 0.0498. The minimum Gasteiger partial charge on any atom is -0.493 e. The van der Waals surface area contributed by atoms with E-state index in [1.54, 1.807) is 0 Å². The molecule has 0 unspecified atom stereocenters. The van der Waals surface area contributed by atoms with Gasteiger partial charge in [0.15, 0.2) is 16.7 Å². The highest BCUT2D eigenvalue weighted by atomic mass is 32.2. The number of aromatic amines is 1. The number of amides is 1. The van der Waals surface area contributed by atoms with E-state index in [1.165, 1.54) is 18.2 Å². The van der Waals surface area contributed by atoms with Crippen molar-refractivity contribution in [2.75, 3.05) is 5.75 Å². The van der Waals surface area contributed by atoms with Crippen LogP contribution < -0.4 is 0 Å². The average Bonchev–Trinajstić information content (AvgIpc) is 3.47. The number of nitrogens with zero attached hydrogens (tertiary/aromatic N) is 6. The summed E-state index contributed by atoms with van der Waals surface area (Å²) in [7, 11) is 0. The van der Waals surface area contributed by atoms with E-state index < -0.39 is 10.8 Å². The van der Waals surface area contributed by atoms with Crippen LogP contribution in [0.1, 0.15) is 5.56 Å². The van der Waals surface area contributed by atoms with Crippen LogP contribution in [0.15, 0.2) is 88.2 Å². The van der Waals surface area contributed by atoms with Gasteiger partial charge in [-0.3, -0.25) is 19.5 Å². The Kier molecular flexibility index (Phi) is 6.47. The van der Waals surface area contributed by atoms with E-state index in [4.69, 9.17) is 0 Å². The molecule has 5 rings (SSSR count). The van der Waals surface area contributed by atoms with Crippen LogP contribution in [-0.4, -0.2) is 41.4 Å². The van der Waals surface area contributed by atoms with Crippen molar-refractivity contribution in [3.8, 4) is 23.0 Å². The topological polar surface area (TPSA) is 152 Å². The van der Waals surface area contributed by atoms with E-state index in [9.17, 15) is 20.0 Å². The Balaban J connectivity index is 1.39. The molecule has 2 N–H and O–H groups in total. The number of aromatic hydroxyl groups is 1. The third kappa shape index (κ3) is 4.95. The summed E-state index contributed by atoms with van der Waals surface area (Å²) in [5, 5.41) is 38.3. The summed E-state index contributed by atoms with van der Waals surface area (Å²) in [4.78, 5) is 25.8. The second-order valence-electron chi connectivity index (χ2n) is 8.03. The highest BCUT2D eigenvalue weighted by Gasteiger charge is 2.18. The van der Waals surface area contributed by atoms with Crippen LogP contribution in [0.2, 0.25) is 0 Å². The predicted octanol–water partition coefficient (Wildman–Crippen LogP) is 5.74. The summed E-state index contributed by atoms with van der Waals surface area (Å²) in [5.74, 6) is -0.382. The fraction of sp³-hybridized carbons (Fsp3) is 0.0800. The molecule has 0 atom stereocenters. The minimum atomic E-state index is -0.580. The summed E-state index contributed by atoms with van der Waals surface area (Å²) >= 11 is 1.15. The zero-order chi connectivity index (χ0) is 25.9. The van der Waals surface area contributed by atoms with Crippen LogP contribution in [0.25, 0.3) is 28.0 Å². The third-order valence-electron chi connectivity index (χ3n) is 5.49. The first-order chi connectivity index (χ1) is 17.9. The number of non-ortho nitro benzene ring substituents is 1. The second kappa shape index (κ2) is 10.0. The number of nitro benzene ring substituents is 1. The number of aryl methyl sites for hydroxylation is 1. The molecule has 0 saturated carbocycles. The maximum Gasteiger partial charge on any atom is 0.275 e. The normalized spacial score (nSPS) is 11.4. The highest BCUT2D eigenvalue weighted by molar-refractivity contribution is 7.99. The fourth-order valence-electron chi connectivity index (χ4n) is 3.69. The Morgan fingerprint density at radius 1 is 1.11 bits per heavy atom. The van der Waals surface area contributed by atoms with Crippen molar-refractivity contribution in [3.05, 3.63) is 88.5 Å². The molecule has 0 aliphatic rings. The van der Waals surface area contributed by atoms with Crippen molar-refractivity contribution in [3.63, 3.8) is 0 Å². The molecule has 0 bridgehead atoms. The monoisotopic (exact) mass is 513 g/mol. The predicted molar refractivity (Wildman–Crippen MR) is 138 cm³/mol. The van der Waals surface area contributed by atoms with Crippen LogP contribution in [0, 0.1) is 17.0 Å². The molecule has 11 nitrogen and oxygen atoms in total. The summed E-state index contributed by atoms with van der Waals surface area (Å²) in [5.41, 5.74) is 3.03. The molecule has 3 aromatic carbocycles.